The molecule has 0 aliphatic carbocycles. The maximum absolute atomic E-state index is 11.0. The summed E-state index contributed by atoms with van der Waals surface area (Å²) < 4.78 is 6.85. The summed E-state index contributed by atoms with van der Waals surface area (Å²) in [6.45, 7) is 0.117. The Morgan fingerprint density at radius 2 is 2.29 bits per heavy atom. The molecule has 3 aromatic rings. The molecule has 0 aliphatic heterocycles. The third-order valence-electron chi connectivity index (χ3n) is 2.72. The molecule has 3 aromatic heterocycles. The molecule has 108 valence electrons. The highest BCUT2D eigenvalue weighted by atomic mass is 32.1. The Morgan fingerprint density at radius 3 is 2.95 bits per heavy atom. The predicted octanol–water partition coefficient (Wildman–Crippen LogP) is 0.595. The zero-order chi connectivity index (χ0) is 14.8. The van der Waals surface area contributed by atoms with Gasteiger partial charge in [-0.3, -0.25) is 0 Å². The van der Waals surface area contributed by atoms with E-state index in [9.17, 15) is 4.79 Å². The summed E-state index contributed by atoms with van der Waals surface area (Å²) in [5, 5.41) is 26.1. The molecule has 0 bridgehead atoms. The second kappa shape index (κ2) is 5.42. The van der Waals surface area contributed by atoms with Crippen molar-refractivity contribution < 1.29 is 14.3 Å². The Morgan fingerprint density at radius 1 is 1.43 bits per heavy atom. The third-order valence-corrected chi connectivity index (χ3v) is 3.58. The van der Waals surface area contributed by atoms with Gasteiger partial charge in [-0.15, -0.1) is 26.6 Å². The van der Waals surface area contributed by atoms with Crippen LogP contribution in [0.15, 0.2) is 21.9 Å². The maximum Gasteiger partial charge on any atom is 0.358 e. The van der Waals surface area contributed by atoms with Gasteiger partial charge in [-0.2, -0.15) is 0 Å². The van der Waals surface area contributed by atoms with Gasteiger partial charge in [0, 0.05) is 6.54 Å². The minimum absolute atomic E-state index is 0.000548. The van der Waals surface area contributed by atoms with Crippen LogP contribution in [0.4, 0.5) is 0 Å². The van der Waals surface area contributed by atoms with E-state index < -0.39 is 5.97 Å². The smallest absolute Gasteiger partial charge is 0.358 e. The highest BCUT2D eigenvalue weighted by Gasteiger charge is 2.19. The normalized spacial score (nSPS) is 10.9. The molecule has 21 heavy (non-hydrogen) atoms. The Hall–Kier alpha value is -2.59. The average Bonchev–Trinajstić information content (AvgIpc) is 3.18. The second-order valence-corrected chi connectivity index (χ2v) is 4.98. The monoisotopic (exact) mass is 306 g/mol. The van der Waals surface area contributed by atoms with Crippen molar-refractivity contribution >= 4 is 17.3 Å². The summed E-state index contributed by atoms with van der Waals surface area (Å²) in [6, 6.07) is 3.75. The Bertz CT molecular complexity index is 763. The van der Waals surface area contributed by atoms with Crippen LogP contribution in [0.1, 0.15) is 22.1 Å². The summed E-state index contributed by atoms with van der Waals surface area (Å²) in [7, 11) is 0. The maximum atomic E-state index is 11.0. The first-order valence-electron chi connectivity index (χ1n) is 5.91. The molecular formula is C11H10N6O3S. The molecule has 0 saturated heterocycles. The molecular weight excluding hydrogens is 296 g/mol. The van der Waals surface area contributed by atoms with Crippen LogP contribution in [-0.4, -0.2) is 36.3 Å². The van der Waals surface area contributed by atoms with Crippen molar-refractivity contribution in [3.63, 3.8) is 0 Å². The number of nitrogens with two attached hydrogens (primary N) is 1. The molecule has 0 aromatic carbocycles. The van der Waals surface area contributed by atoms with Gasteiger partial charge >= 0.3 is 5.97 Å². The van der Waals surface area contributed by atoms with E-state index in [-0.39, 0.29) is 18.8 Å². The summed E-state index contributed by atoms with van der Waals surface area (Å²) in [4.78, 5) is 11.8. The van der Waals surface area contributed by atoms with Gasteiger partial charge in [-0.1, -0.05) is 11.3 Å². The first-order chi connectivity index (χ1) is 10.2. The van der Waals surface area contributed by atoms with Crippen LogP contribution >= 0.6 is 11.3 Å². The second-order valence-electron chi connectivity index (χ2n) is 4.03. The van der Waals surface area contributed by atoms with Crippen LogP contribution in [0.2, 0.25) is 0 Å². The van der Waals surface area contributed by atoms with Gasteiger partial charge < -0.3 is 15.3 Å². The molecule has 0 radical (unpaired) electrons. The number of aromatic nitrogens is 5. The zero-order valence-corrected chi connectivity index (χ0v) is 11.4. The average molecular weight is 306 g/mol. The van der Waals surface area contributed by atoms with E-state index in [1.54, 1.807) is 0 Å². The van der Waals surface area contributed by atoms with E-state index in [0.29, 0.717) is 17.5 Å². The predicted molar refractivity (Wildman–Crippen MR) is 71.6 cm³/mol. The van der Waals surface area contributed by atoms with Crippen molar-refractivity contribution in [1.82, 2.24) is 25.2 Å². The van der Waals surface area contributed by atoms with Crippen LogP contribution in [0.3, 0.4) is 0 Å². The van der Waals surface area contributed by atoms with E-state index in [0.717, 1.165) is 4.88 Å². The number of nitrogens with zero attached hydrogens (tertiary/aromatic N) is 5. The van der Waals surface area contributed by atoms with Gasteiger partial charge in [0.05, 0.1) is 10.6 Å². The van der Waals surface area contributed by atoms with Crippen molar-refractivity contribution in [2.45, 2.75) is 13.1 Å². The van der Waals surface area contributed by atoms with Gasteiger partial charge in [0.2, 0.25) is 5.89 Å². The van der Waals surface area contributed by atoms with Gasteiger partial charge in [-0.05, 0) is 11.4 Å². The third kappa shape index (κ3) is 2.53. The fraction of sp³-hybridized carbons (Fsp3) is 0.182. The number of carboxylic acids is 1. The lowest BCUT2D eigenvalue weighted by molar-refractivity contribution is 0.0689. The minimum atomic E-state index is -1.17. The van der Waals surface area contributed by atoms with E-state index in [1.165, 1.54) is 16.0 Å². The van der Waals surface area contributed by atoms with Gasteiger partial charge in [-0.25, -0.2) is 9.48 Å². The first kappa shape index (κ1) is 13.4. The number of carbonyl (C=O) groups is 1. The molecule has 3 N–H and O–H groups in total. The van der Waals surface area contributed by atoms with Crippen LogP contribution in [0.25, 0.3) is 10.8 Å². The van der Waals surface area contributed by atoms with Crippen molar-refractivity contribution in [1.29, 1.82) is 0 Å². The largest absolute Gasteiger partial charge is 0.476 e. The topological polar surface area (TPSA) is 133 Å². The molecule has 3 heterocycles. The first-order valence-corrected chi connectivity index (χ1v) is 6.79. The highest BCUT2D eigenvalue weighted by molar-refractivity contribution is 7.13. The molecule has 10 heteroatoms. The number of aromatic carboxylic acids is 1. The van der Waals surface area contributed by atoms with E-state index >= 15 is 0 Å². The number of rotatable bonds is 5. The lowest BCUT2D eigenvalue weighted by Gasteiger charge is -2.01. The van der Waals surface area contributed by atoms with Crippen molar-refractivity contribution in [2.24, 2.45) is 5.73 Å². The summed E-state index contributed by atoms with van der Waals surface area (Å²) >= 11 is 1.48. The molecule has 0 aliphatic rings. The molecule has 0 saturated carbocycles. The fourth-order valence-corrected chi connectivity index (χ4v) is 2.42. The Labute approximate surface area is 122 Å². The van der Waals surface area contributed by atoms with E-state index in [2.05, 4.69) is 20.5 Å². The van der Waals surface area contributed by atoms with E-state index in [4.69, 9.17) is 15.3 Å². The number of thiophene rings is 1. The van der Waals surface area contributed by atoms with Gasteiger partial charge in [0.25, 0.3) is 5.89 Å². The fourth-order valence-electron chi connectivity index (χ4n) is 1.77. The standard InChI is InChI=1S/C11H10N6O3S/c12-4-6-9(11(18)19)14-16-17(6)5-8-13-15-10(20-8)7-2-1-3-21-7/h1-3H,4-5,12H2,(H,18,19). The summed E-state index contributed by atoms with van der Waals surface area (Å²) in [5.74, 6) is -0.464. The lowest BCUT2D eigenvalue weighted by Crippen LogP contribution is -2.13. The number of carboxylic acid groups (broad SMARTS) is 1. The van der Waals surface area contributed by atoms with Crippen LogP contribution in [0.5, 0.6) is 0 Å². The molecule has 9 nitrogen and oxygen atoms in total. The Kier molecular flexibility index (Phi) is 3.46. The van der Waals surface area contributed by atoms with Crippen molar-refractivity contribution in [3.8, 4) is 10.8 Å². The lowest BCUT2D eigenvalue weighted by atomic mass is 10.3. The minimum Gasteiger partial charge on any atom is -0.476 e. The number of hydrogen-bond donors (Lipinski definition) is 2. The molecule has 0 amide bonds. The number of hydrogen-bond acceptors (Lipinski definition) is 8. The van der Waals surface area contributed by atoms with E-state index in [1.807, 2.05) is 17.5 Å². The van der Waals surface area contributed by atoms with Crippen LogP contribution in [-0.2, 0) is 13.1 Å². The Balaban J connectivity index is 1.86. The van der Waals surface area contributed by atoms with Gasteiger partial charge in [0.1, 0.15) is 6.54 Å². The summed E-state index contributed by atoms with van der Waals surface area (Å²) in [5.41, 5.74) is 5.67. The van der Waals surface area contributed by atoms with Crippen molar-refractivity contribution in [2.75, 3.05) is 0 Å². The SMILES string of the molecule is NCc1c(C(=O)O)nnn1Cc1nnc(-c2cccs2)o1. The van der Waals surface area contributed by atoms with Crippen LogP contribution in [0, 0.1) is 0 Å². The highest BCUT2D eigenvalue weighted by Crippen LogP contribution is 2.23. The molecule has 3 rings (SSSR count). The van der Waals surface area contributed by atoms with Crippen LogP contribution < -0.4 is 5.73 Å². The summed E-state index contributed by atoms with van der Waals surface area (Å²) in [6.07, 6.45) is 0. The molecule has 0 spiro atoms. The zero-order valence-electron chi connectivity index (χ0n) is 10.6. The van der Waals surface area contributed by atoms with Crippen molar-refractivity contribution in [3.05, 3.63) is 34.8 Å². The molecule has 0 unspecified atom stereocenters. The molecule has 0 fully saturated rings. The quantitative estimate of drug-likeness (QED) is 0.699. The van der Waals surface area contributed by atoms with Gasteiger partial charge in [0.15, 0.2) is 5.69 Å². The molecule has 0 atom stereocenters.